The molecule has 1 amide bonds. The third-order valence-corrected chi connectivity index (χ3v) is 5.85. The lowest BCUT2D eigenvalue weighted by Crippen LogP contribution is -2.15. The second-order valence-corrected chi connectivity index (χ2v) is 8.04. The van der Waals surface area contributed by atoms with Crippen LogP contribution in [0.3, 0.4) is 0 Å². The zero-order chi connectivity index (χ0) is 21.6. The molecular formula is C21H21ClN4O4S. The number of carbonyl (C=O) groups is 1. The van der Waals surface area contributed by atoms with Crippen LogP contribution in [0.15, 0.2) is 47.6 Å². The lowest BCUT2D eigenvalue weighted by molar-refractivity contribution is -0.113. The Hall–Kier alpha value is -2.75. The molecule has 31 heavy (non-hydrogen) atoms. The topological polar surface area (TPSA) is 87.5 Å². The van der Waals surface area contributed by atoms with Crippen LogP contribution in [0, 0.1) is 0 Å². The lowest BCUT2D eigenvalue weighted by atomic mass is 10.2. The van der Waals surface area contributed by atoms with Crippen molar-refractivity contribution in [2.24, 2.45) is 0 Å². The van der Waals surface area contributed by atoms with Crippen molar-refractivity contribution in [3.63, 3.8) is 0 Å². The third-order valence-electron chi connectivity index (χ3n) is 4.55. The van der Waals surface area contributed by atoms with Gasteiger partial charge >= 0.3 is 0 Å². The van der Waals surface area contributed by atoms with Gasteiger partial charge in [-0.25, -0.2) is 0 Å². The van der Waals surface area contributed by atoms with Gasteiger partial charge in [-0.05, 0) is 30.7 Å². The molecule has 1 aliphatic heterocycles. The highest BCUT2D eigenvalue weighted by Gasteiger charge is 2.18. The summed E-state index contributed by atoms with van der Waals surface area (Å²) in [6, 6.07) is 12.8. The van der Waals surface area contributed by atoms with Gasteiger partial charge in [0.25, 0.3) is 0 Å². The Balaban J connectivity index is 1.46. The Kier molecular flexibility index (Phi) is 6.96. The van der Waals surface area contributed by atoms with Crippen LogP contribution >= 0.6 is 23.4 Å². The van der Waals surface area contributed by atoms with E-state index in [-0.39, 0.29) is 18.5 Å². The van der Waals surface area contributed by atoms with Gasteiger partial charge in [0, 0.05) is 37.6 Å². The number of methoxy groups -OCH3 is 1. The number of ether oxygens (including phenoxy) is 3. The standard InChI is InChI=1S/C21H21ClN4O4S/c1-28-10-4-9-26-20(15-5-2-3-6-16(15)22)24-25-21(26)31-12-19(27)23-14-7-8-17-18(11-14)30-13-29-17/h2-3,5-8,11H,4,9-10,12-13H2,1H3,(H,23,27). The maximum Gasteiger partial charge on any atom is 0.234 e. The van der Waals surface area contributed by atoms with E-state index >= 15 is 0 Å². The van der Waals surface area contributed by atoms with Crippen LogP contribution in [0.25, 0.3) is 11.4 Å². The maximum atomic E-state index is 12.5. The predicted octanol–water partition coefficient (Wildman–Crippen LogP) is 4.09. The number of aromatic nitrogens is 3. The maximum absolute atomic E-state index is 12.5. The van der Waals surface area contributed by atoms with Crippen molar-refractivity contribution < 1.29 is 19.0 Å². The zero-order valence-electron chi connectivity index (χ0n) is 16.8. The van der Waals surface area contributed by atoms with Gasteiger partial charge in [0.2, 0.25) is 12.7 Å². The quantitative estimate of drug-likeness (QED) is 0.380. The first-order chi connectivity index (χ1) is 15.2. The molecule has 0 fully saturated rings. The molecular weight excluding hydrogens is 440 g/mol. The van der Waals surface area contributed by atoms with E-state index in [0.717, 1.165) is 12.0 Å². The first kappa shape index (κ1) is 21.5. The van der Waals surface area contributed by atoms with Crippen molar-refractivity contribution >= 4 is 35.0 Å². The van der Waals surface area contributed by atoms with E-state index in [1.807, 2.05) is 28.8 Å². The fourth-order valence-corrected chi connectivity index (χ4v) is 4.09. The number of hydrogen-bond donors (Lipinski definition) is 1. The van der Waals surface area contributed by atoms with Crippen LogP contribution < -0.4 is 14.8 Å². The molecule has 0 saturated carbocycles. The van der Waals surface area contributed by atoms with Gasteiger partial charge in [-0.15, -0.1) is 10.2 Å². The average Bonchev–Trinajstić information content (AvgIpc) is 3.39. The predicted molar refractivity (Wildman–Crippen MR) is 119 cm³/mol. The van der Waals surface area contributed by atoms with Crippen molar-refractivity contribution in [2.75, 3.05) is 31.6 Å². The Bertz CT molecular complexity index is 1080. The molecule has 8 nitrogen and oxygen atoms in total. The minimum atomic E-state index is -0.158. The van der Waals surface area contributed by atoms with E-state index in [9.17, 15) is 4.79 Å². The summed E-state index contributed by atoms with van der Waals surface area (Å²) in [6.07, 6.45) is 0.781. The molecule has 10 heteroatoms. The largest absolute Gasteiger partial charge is 0.454 e. The molecule has 2 aromatic carbocycles. The smallest absolute Gasteiger partial charge is 0.234 e. The van der Waals surface area contributed by atoms with E-state index in [4.69, 9.17) is 25.8 Å². The molecule has 3 aromatic rings. The number of rotatable bonds is 9. The lowest BCUT2D eigenvalue weighted by Gasteiger charge is -2.11. The average molecular weight is 461 g/mol. The second-order valence-electron chi connectivity index (χ2n) is 6.69. The van der Waals surface area contributed by atoms with Crippen LogP contribution in [0.4, 0.5) is 5.69 Å². The summed E-state index contributed by atoms with van der Waals surface area (Å²) in [5.74, 6) is 1.98. The molecule has 1 N–H and O–H groups in total. The molecule has 2 heterocycles. The van der Waals surface area contributed by atoms with Crippen molar-refractivity contribution in [1.29, 1.82) is 0 Å². The van der Waals surface area contributed by atoms with Crippen molar-refractivity contribution in [3.8, 4) is 22.9 Å². The van der Waals surface area contributed by atoms with Crippen molar-refractivity contribution in [3.05, 3.63) is 47.5 Å². The summed E-state index contributed by atoms with van der Waals surface area (Å²) >= 11 is 7.68. The van der Waals surface area contributed by atoms with E-state index in [0.29, 0.717) is 46.3 Å². The van der Waals surface area contributed by atoms with Crippen LogP contribution in [0.1, 0.15) is 6.42 Å². The van der Waals surface area contributed by atoms with Crippen LogP contribution in [-0.2, 0) is 16.1 Å². The van der Waals surface area contributed by atoms with E-state index in [1.54, 1.807) is 25.3 Å². The normalized spacial score (nSPS) is 12.2. The van der Waals surface area contributed by atoms with Gasteiger partial charge in [-0.1, -0.05) is 35.5 Å². The van der Waals surface area contributed by atoms with E-state index in [2.05, 4.69) is 15.5 Å². The minimum Gasteiger partial charge on any atom is -0.454 e. The first-order valence-electron chi connectivity index (χ1n) is 9.65. The number of amides is 1. The van der Waals surface area contributed by atoms with Crippen LogP contribution in [0.5, 0.6) is 11.5 Å². The summed E-state index contributed by atoms with van der Waals surface area (Å²) in [4.78, 5) is 12.5. The molecule has 0 bridgehead atoms. The number of anilines is 1. The number of nitrogens with one attached hydrogen (secondary N) is 1. The minimum absolute atomic E-state index is 0.158. The van der Waals surface area contributed by atoms with E-state index in [1.165, 1.54) is 11.8 Å². The molecule has 0 spiro atoms. The monoisotopic (exact) mass is 460 g/mol. The molecule has 0 aliphatic carbocycles. The van der Waals surface area contributed by atoms with Crippen LogP contribution in [-0.4, -0.2) is 46.9 Å². The molecule has 0 radical (unpaired) electrons. The molecule has 1 aliphatic rings. The molecule has 4 rings (SSSR count). The second kappa shape index (κ2) is 10.0. The summed E-state index contributed by atoms with van der Waals surface area (Å²) in [5.41, 5.74) is 1.44. The Morgan fingerprint density at radius 2 is 2.06 bits per heavy atom. The van der Waals surface area contributed by atoms with Crippen LogP contribution in [0.2, 0.25) is 5.02 Å². The number of carbonyl (C=O) groups excluding carboxylic acids is 1. The van der Waals surface area contributed by atoms with Gasteiger partial charge in [-0.3, -0.25) is 4.79 Å². The Morgan fingerprint density at radius 1 is 1.23 bits per heavy atom. The summed E-state index contributed by atoms with van der Waals surface area (Å²) in [5, 5.41) is 12.7. The SMILES string of the molecule is COCCCn1c(SCC(=O)Nc2ccc3c(c2)OCO3)nnc1-c1ccccc1Cl. The zero-order valence-corrected chi connectivity index (χ0v) is 18.4. The fraction of sp³-hybridized carbons (Fsp3) is 0.286. The molecule has 0 saturated heterocycles. The summed E-state index contributed by atoms with van der Waals surface area (Å²) in [7, 11) is 1.66. The number of nitrogens with zero attached hydrogens (tertiary/aromatic N) is 3. The number of benzene rings is 2. The molecule has 0 unspecified atom stereocenters. The molecule has 162 valence electrons. The van der Waals surface area contributed by atoms with Crippen molar-refractivity contribution in [2.45, 2.75) is 18.1 Å². The summed E-state index contributed by atoms with van der Waals surface area (Å²) < 4.78 is 17.8. The number of halogens is 1. The number of fused-ring (bicyclic) bond motifs is 1. The van der Waals surface area contributed by atoms with Gasteiger partial charge in [0.05, 0.1) is 10.8 Å². The van der Waals surface area contributed by atoms with E-state index < -0.39 is 0 Å². The Labute approximate surface area is 188 Å². The third kappa shape index (κ3) is 5.12. The highest BCUT2D eigenvalue weighted by Crippen LogP contribution is 2.34. The highest BCUT2D eigenvalue weighted by atomic mass is 35.5. The fourth-order valence-electron chi connectivity index (χ4n) is 3.11. The number of thioether (sulfide) groups is 1. The van der Waals surface area contributed by atoms with Gasteiger partial charge in [0.15, 0.2) is 22.5 Å². The first-order valence-corrected chi connectivity index (χ1v) is 11.0. The molecule has 1 aromatic heterocycles. The van der Waals surface area contributed by atoms with Gasteiger partial charge in [-0.2, -0.15) is 0 Å². The van der Waals surface area contributed by atoms with Gasteiger partial charge < -0.3 is 24.1 Å². The highest BCUT2D eigenvalue weighted by molar-refractivity contribution is 7.99. The number of hydrogen-bond acceptors (Lipinski definition) is 7. The van der Waals surface area contributed by atoms with Crippen molar-refractivity contribution in [1.82, 2.24) is 14.8 Å². The summed E-state index contributed by atoms with van der Waals surface area (Å²) in [6.45, 7) is 1.44. The Morgan fingerprint density at radius 3 is 2.90 bits per heavy atom. The van der Waals surface area contributed by atoms with Gasteiger partial charge in [0.1, 0.15) is 0 Å². The molecule has 0 atom stereocenters.